The number of allylic oxidation sites excluding steroid dienone is 1. The highest BCUT2D eigenvalue weighted by atomic mass is 16.1. The highest BCUT2D eigenvalue weighted by Gasteiger charge is 2.20. The Balaban J connectivity index is 1.98. The first-order chi connectivity index (χ1) is 12.5. The highest BCUT2D eigenvalue weighted by Crippen LogP contribution is 2.19. The minimum atomic E-state index is -0.0342. The Kier molecular flexibility index (Phi) is 5.22. The summed E-state index contributed by atoms with van der Waals surface area (Å²) in [4.78, 5) is 14.8. The summed E-state index contributed by atoms with van der Waals surface area (Å²) in [5, 5.41) is 12.0. The predicted molar refractivity (Wildman–Crippen MR) is 101 cm³/mol. The number of aryl methyl sites for hydroxylation is 1. The lowest BCUT2D eigenvalue weighted by Gasteiger charge is -2.12. The molecule has 0 aliphatic rings. The van der Waals surface area contributed by atoms with Crippen LogP contribution in [0.3, 0.4) is 0 Å². The summed E-state index contributed by atoms with van der Waals surface area (Å²) >= 11 is 0. The van der Waals surface area contributed by atoms with Crippen molar-refractivity contribution < 1.29 is 4.79 Å². The maximum Gasteiger partial charge on any atom is 0.192 e. The van der Waals surface area contributed by atoms with Crippen LogP contribution in [0.4, 0.5) is 0 Å². The van der Waals surface area contributed by atoms with Gasteiger partial charge in [0, 0.05) is 26.7 Å². The average molecular weight is 347 g/mol. The van der Waals surface area contributed by atoms with Crippen LogP contribution < -0.4 is 0 Å². The molecule has 26 heavy (non-hydrogen) atoms. The molecule has 6 heteroatoms. The second-order valence-electron chi connectivity index (χ2n) is 6.34. The van der Waals surface area contributed by atoms with Crippen LogP contribution in [0.1, 0.15) is 17.0 Å². The maximum atomic E-state index is 13.0. The van der Waals surface area contributed by atoms with Gasteiger partial charge in [0.15, 0.2) is 11.6 Å². The number of carbonyl (C=O) groups is 1. The minimum Gasteiger partial charge on any atom is -0.383 e. The number of hydrogen-bond donors (Lipinski definition) is 0. The molecule has 0 bridgehead atoms. The van der Waals surface area contributed by atoms with Crippen LogP contribution in [0.25, 0.3) is 11.3 Å². The summed E-state index contributed by atoms with van der Waals surface area (Å²) in [5.41, 5.74) is 3.39. The van der Waals surface area contributed by atoms with Crippen LogP contribution in [0.15, 0.2) is 60.8 Å². The van der Waals surface area contributed by atoms with Crippen molar-refractivity contribution in [1.82, 2.24) is 25.1 Å². The molecule has 0 spiro atoms. The molecule has 1 aromatic heterocycles. The van der Waals surface area contributed by atoms with Crippen molar-refractivity contribution in [1.29, 1.82) is 0 Å². The molecular formula is C20H21N5O. The molecule has 0 saturated heterocycles. The molecule has 0 saturated carbocycles. The average Bonchev–Trinajstić information content (AvgIpc) is 3.10. The van der Waals surface area contributed by atoms with E-state index in [-0.39, 0.29) is 5.78 Å². The van der Waals surface area contributed by atoms with Crippen LogP contribution >= 0.6 is 0 Å². The minimum absolute atomic E-state index is 0.0342. The number of carbonyl (C=O) groups excluding carboxylic acids is 1. The van der Waals surface area contributed by atoms with Gasteiger partial charge in [0.25, 0.3) is 0 Å². The van der Waals surface area contributed by atoms with Gasteiger partial charge in [0.2, 0.25) is 0 Å². The fourth-order valence-corrected chi connectivity index (χ4v) is 2.60. The van der Waals surface area contributed by atoms with E-state index in [1.165, 1.54) is 0 Å². The van der Waals surface area contributed by atoms with Crippen molar-refractivity contribution in [2.75, 3.05) is 14.1 Å². The number of Topliss-reactive ketones (excluding diaryl/α,β-unsaturated/α-hetero) is 1. The van der Waals surface area contributed by atoms with Crippen molar-refractivity contribution in [2.24, 2.45) is 0 Å². The third kappa shape index (κ3) is 4.03. The van der Waals surface area contributed by atoms with Gasteiger partial charge in [-0.2, -0.15) is 4.68 Å². The number of tetrazole rings is 1. The summed E-state index contributed by atoms with van der Waals surface area (Å²) < 4.78 is 1.59. The molecule has 6 nitrogen and oxygen atoms in total. The zero-order chi connectivity index (χ0) is 18.5. The lowest BCUT2D eigenvalue weighted by Crippen LogP contribution is -2.15. The summed E-state index contributed by atoms with van der Waals surface area (Å²) in [6.45, 7) is 2.02. The number of hydrogen-bond acceptors (Lipinski definition) is 5. The SMILES string of the molecule is Cc1ccc(-n2nnnc2C(=CN(C)C)C(=O)Cc2ccccc2)cc1. The third-order valence-corrected chi connectivity index (χ3v) is 3.88. The molecule has 0 N–H and O–H groups in total. The van der Waals surface area contributed by atoms with Crippen LogP contribution in [-0.2, 0) is 11.2 Å². The van der Waals surface area contributed by atoms with E-state index >= 15 is 0 Å². The lowest BCUT2D eigenvalue weighted by molar-refractivity contribution is -0.113. The molecule has 0 amide bonds. The van der Waals surface area contributed by atoms with Gasteiger partial charge in [0.05, 0.1) is 11.3 Å². The van der Waals surface area contributed by atoms with E-state index in [0.29, 0.717) is 17.8 Å². The molecule has 3 rings (SSSR count). The van der Waals surface area contributed by atoms with Gasteiger partial charge in [-0.3, -0.25) is 4.79 Å². The molecule has 1 heterocycles. The zero-order valence-electron chi connectivity index (χ0n) is 15.1. The molecule has 3 aromatic rings. The molecule has 0 radical (unpaired) electrons. The van der Waals surface area contributed by atoms with E-state index in [4.69, 9.17) is 0 Å². The lowest BCUT2D eigenvalue weighted by atomic mass is 10.0. The highest BCUT2D eigenvalue weighted by molar-refractivity contribution is 6.20. The Hall–Kier alpha value is -3.28. The fraction of sp³-hybridized carbons (Fsp3) is 0.200. The summed E-state index contributed by atoms with van der Waals surface area (Å²) in [6.07, 6.45) is 2.06. The summed E-state index contributed by atoms with van der Waals surface area (Å²) in [5.74, 6) is 0.400. The van der Waals surface area contributed by atoms with Crippen molar-refractivity contribution >= 4 is 11.4 Å². The van der Waals surface area contributed by atoms with Crippen molar-refractivity contribution in [3.63, 3.8) is 0 Å². The van der Waals surface area contributed by atoms with Crippen molar-refractivity contribution in [3.8, 4) is 5.69 Å². The molecule has 0 aliphatic carbocycles. The first-order valence-corrected chi connectivity index (χ1v) is 8.36. The van der Waals surface area contributed by atoms with E-state index in [1.807, 2.05) is 80.5 Å². The van der Waals surface area contributed by atoms with Gasteiger partial charge in [-0.1, -0.05) is 48.0 Å². The monoisotopic (exact) mass is 347 g/mol. The van der Waals surface area contributed by atoms with Crippen LogP contribution in [0, 0.1) is 6.92 Å². The van der Waals surface area contributed by atoms with Crippen LogP contribution in [0.2, 0.25) is 0 Å². The van der Waals surface area contributed by atoms with Crippen molar-refractivity contribution in [2.45, 2.75) is 13.3 Å². The molecule has 0 atom stereocenters. The predicted octanol–water partition coefficient (Wildman–Crippen LogP) is 2.69. The first kappa shape index (κ1) is 17.5. The van der Waals surface area contributed by atoms with Gasteiger partial charge >= 0.3 is 0 Å². The van der Waals surface area contributed by atoms with E-state index in [0.717, 1.165) is 16.8 Å². The second kappa shape index (κ2) is 7.74. The van der Waals surface area contributed by atoms with Crippen LogP contribution in [-0.4, -0.2) is 45.0 Å². The zero-order valence-corrected chi connectivity index (χ0v) is 15.1. The van der Waals surface area contributed by atoms with E-state index < -0.39 is 0 Å². The Labute approximate surface area is 152 Å². The molecule has 0 unspecified atom stereocenters. The number of benzene rings is 2. The number of nitrogens with zero attached hydrogens (tertiary/aromatic N) is 5. The van der Waals surface area contributed by atoms with E-state index in [9.17, 15) is 4.79 Å². The summed E-state index contributed by atoms with van der Waals surface area (Å²) in [6, 6.07) is 17.5. The number of ketones is 1. The molecule has 0 fully saturated rings. The standard InChI is InChI=1S/C20H21N5O/c1-15-9-11-17(12-10-15)25-20(21-22-23-25)18(14-24(2)3)19(26)13-16-7-5-4-6-8-16/h4-12,14H,13H2,1-3H3. The van der Waals surface area contributed by atoms with E-state index in [1.54, 1.807) is 10.9 Å². The number of aromatic nitrogens is 4. The molecule has 132 valence electrons. The Morgan fingerprint density at radius 2 is 1.77 bits per heavy atom. The van der Waals surface area contributed by atoms with Gasteiger partial charge in [-0.15, -0.1) is 5.10 Å². The largest absolute Gasteiger partial charge is 0.383 e. The maximum absolute atomic E-state index is 13.0. The Bertz CT molecular complexity index is 911. The van der Waals surface area contributed by atoms with Crippen LogP contribution in [0.5, 0.6) is 0 Å². The normalized spacial score (nSPS) is 11.4. The summed E-state index contributed by atoms with van der Waals surface area (Å²) in [7, 11) is 3.74. The Morgan fingerprint density at radius 3 is 2.42 bits per heavy atom. The molecular weight excluding hydrogens is 326 g/mol. The Morgan fingerprint density at radius 1 is 1.08 bits per heavy atom. The number of rotatable bonds is 6. The smallest absolute Gasteiger partial charge is 0.192 e. The fourth-order valence-electron chi connectivity index (χ4n) is 2.60. The van der Waals surface area contributed by atoms with E-state index in [2.05, 4.69) is 15.5 Å². The second-order valence-corrected chi connectivity index (χ2v) is 6.34. The third-order valence-electron chi connectivity index (χ3n) is 3.88. The van der Waals surface area contributed by atoms with Gasteiger partial charge in [0.1, 0.15) is 0 Å². The van der Waals surface area contributed by atoms with Gasteiger partial charge < -0.3 is 4.90 Å². The topological polar surface area (TPSA) is 63.9 Å². The quantitative estimate of drug-likeness (QED) is 0.642. The molecule has 2 aromatic carbocycles. The van der Waals surface area contributed by atoms with Gasteiger partial charge in [-0.25, -0.2) is 0 Å². The molecule has 0 aliphatic heterocycles. The van der Waals surface area contributed by atoms with Gasteiger partial charge in [-0.05, 0) is 35.0 Å². The first-order valence-electron chi connectivity index (χ1n) is 8.36. The van der Waals surface area contributed by atoms with Crippen molar-refractivity contribution in [3.05, 3.63) is 77.7 Å².